The van der Waals surface area contributed by atoms with E-state index < -0.39 is 5.63 Å². The van der Waals surface area contributed by atoms with Crippen molar-refractivity contribution in [2.24, 2.45) is 0 Å². The minimum Gasteiger partial charge on any atom is -0.497 e. The second-order valence-electron chi connectivity index (χ2n) is 7.28. The van der Waals surface area contributed by atoms with E-state index in [0.29, 0.717) is 36.5 Å². The molecule has 3 aromatic rings. The average molecular weight is 409 g/mol. The Labute approximate surface area is 176 Å². The summed E-state index contributed by atoms with van der Waals surface area (Å²) in [6.07, 6.45) is 0.562. The Morgan fingerprint density at radius 2 is 1.90 bits per heavy atom. The summed E-state index contributed by atoms with van der Waals surface area (Å²) in [6.45, 7) is 4.74. The van der Waals surface area contributed by atoms with Crippen LogP contribution in [0.5, 0.6) is 11.5 Å². The highest BCUT2D eigenvalue weighted by molar-refractivity contribution is 5.82. The minimum atomic E-state index is -0.411. The Bertz CT molecular complexity index is 1100. The quantitative estimate of drug-likeness (QED) is 0.528. The van der Waals surface area contributed by atoms with Crippen LogP contribution in [0.2, 0.25) is 0 Å². The number of hydrogen-bond acceptors (Lipinski definition) is 5. The van der Waals surface area contributed by atoms with E-state index in [0.717, 1.165) is 22.3 Å². The van der Waals surface area contributed by atoms with Crippen molar-refractivity contribution < 1.29 is 18.7 Å². The van der Waals surface area contributed by atoms with Gasteiger partial charge in [0, 0.05) is 30.5 Å². The average Bonchev–Trinajstić information content (AvgIpc) is 2.74. The van der Waals surface area contributed by atoms with Crippen LogP contribution in [0.25, 0.3) is 11.0 Å². The van der Waals surface area contributed by atoms with Crippen molar-refractivity contribution in [1.29, 1.82) is 0 Å². The summed E-state index contributed by atoms with van der Waals surface area (Å²) in [5.41, 5.74) is 2.50. The summed E-state index contributed by atoms with van der Waals surface area (Å²) in [6, 6.07) is 13.2. The predicted octanol–water partition coefficient (Wildman–Crippen LogP) is 3.89. The SMILES string of the molecule is COc1ccc2c(C)c(CCC(=O)N(C)CCOc3ccccc3C)c(=O)oc2c1. The van der Waals surface area contributed by atoms with Crippen molar-refractivity contribution in [3.05, 3.63) is 69.6 Å². The topological polar surface area (TPSA) is 69.0 Å². The molecule has 0 saturated carbocycles. The molecule has 0 fully saturated rings. The van der Waals surface area contributed by atoms with Gasteiger partial charge in [-0.3, -0.25) is 4.79 Å². The number of para-hydroxylation sites is 1. The molecular weight excluding hydrogens is 382 g/mol. The largest absolute Gasteiger partial charge is 0.497 e. The molecule has 2 aromatic carbocycles. The van der Waals surface area contributed by atoms with Crippen molar-refractivity contribution in [3.63, 3.8) is 0 Å². The Balaban J connectivity index is 1.60. The lowest BCUT2D eigenvalue weighted by Gasteiger charge is -2.18. The molecule has 0 radical (unpaired) electrons. The van der Waals surface area contributed by atoms with Crippen molar-refractivity contribution >= 4 is 16.9 Å². The fourth-order valence-corrected chi connectivity index (χ4v) is 3.35. The van der Waals surface area contributed by atoms with Gasteiger partial charge in [0.25, 0.3) is 0 Å². The van der Waals surface area contributed by atoms with Crippen molar-refractivity contribution in [2.45, 2.75) is 26.7 Å². The van der Waals surface area contributed by atoms with E-state index in [4.69, 9.17) is 13.9 Å². The van der Waals surface area contributed by atoms with Crippen LogP contribution in [-0.4, -0.2) is 38.1 Å². The van der Waals surface area contributed by atoms with Gasteiger partial charge in [-0.2, -0.15) is 0 Å². The second-order valence-corrected chi connectivity index (χ2v) is 7.28. The first-order valence-corrected chi connectivity index (χ1v) is 9.93. The lowest BCUT2D eigenvalue weighted by atomic mass is 10.0. The highest BCUT2D eigenvalue weighted by Crippen LogP contribution is 2.24. The number of nitrogens with zero attached hydrogens (tertiary/aromatic N) is 1. The molecule has 1 amide bonds. The van der Waals surface area contributed by atoms with Crippen LogP contribution < -0.4 is 15.1 Å². The van der Waals surface area contributed by atoms with Crippen molar-refractivity contribution in [1.82, 2.24) is 4.90 Å². The number of aryl methyl sites for hydroxylation is 2. The molecular formula is C24H27NO5. The molecule has 0 aliphatic heterocycles. The van der Waals surface area contributed by atoms with Crippen LogP contribution in [0.15, 0.2) is 51.7 Å². The molecule has 0 atom stereocenters. The van der Waals surface area contributed by atoms with Crippen LogP contribution >= 0.6 is 0 Å². The maximum atomic E-state index is 12.5. The summed E-state index contributed by atoms with van der Waals surface area (Å²) in [7, 11) is 3.31. The molecule has 0 spiro atoms. The zero-order chi connectivity index (χ0) is 21.7. The molecule has 1 heterocycles. The summed E-state index contributed by atoms with van der Waals surface area (Å²) in [5.74, 6) is 1.40. The lowest BCUT2D eigenvalue weighted by Crippen LogP contribution is -2.31. The van der Waals surface area contributed by atoms with Gasteiger partial charge < -0.3 is 18.8 Å². The lowest BCUT2D eigenvalue weighted by molar-refractivity contribution is -0.130. The molecule has 0 N–H and O–H groups in total. The molecule has 3 rings (SSSR count). The number of benzene rings is 2. The van der Waals surface area contributed by atoms with E-state index in [9.17, 15) is 9.59 Å². The predicted molar refractivity (Wildman–Crippen MR) is 116 cm³/mol. The first kappa shape index (κ1) is 21.4. The van der Waals surface area contributed by atoms with Crippen molar-refractivity contribution in [3.8, 4) is 11.5 Å². The summed E-state index contributed by atoms with van der Waals surface area (Å²) < 4.78 is 16.4. The molecule has 158 valence electrons. The Hall–Kier alpha value is -3.28. The van der Waals surface area contributed by atoms with Crippen LogP contribution in [0.3, 0.4) is 0 Å². The van der Waals surface area contributed by atoms with Gasteiger partial charge in [0.2, 0.25) is 5.91 Å². The molecule has 1 aromatic heterocycles. The normalized spacial score (nSPS) is 10.8. The molecule has 6 heteroatoms. The number of fused-ring (bicyclic) bond motifs is 1. The molecule has 0 aliphatic carbocycles. The number of hydrogen-bond donors (Lipinski definition) is 0. The van der Waals surface area contributed by atoms with E-state index in [1.54, 1.807) is 25.1 Å². The zero-order valence-corrected chi connectivity index (χ0v) is 17.9. The van der Waals surface area contributed by atoms with Gasteiger partial charge in [0.1, 0.15) is 23.7 Å². The Kier molecular flexibility index (Phi) is 6.77. The number of likely N-dealkylation sites (N-methyl/N-ethyl adjacent to an activating group) is 1. The van der Waals surface area contributed by atoms with Crippen LogP contribution in [-0.2, 0) is 11.2 Å². The Morgan fingerprint density at radius 3 is 2.63 bits per heavy atom. The van der Waals surface area contributed by atoms with E-state index in [2.05, 4.69) is 0 Å². The molecule has 0 unspecified atom stereocenters. The third-order valence-corrected chi connectivity index (χ3v) is 5.29. The highest BCUT2D eigenvalue weighted by atomic mass is 16.5. The zero-order valence-electron chi connectivity index (χ0n) is 17.9. The standard InChI is InChI=1S/C24H27NO5/c1-16-7-5-6-8-21(16)29-14-13-25(3)23(26)12-11-20-17(2)19-10-9-18(28-4)15-22(19)30-24(20)27/h5-10,15H,11-14H2,1-4H3. The molecule has 30 heavy (non-hydrogen) atoms. The number of carbonyl (C=O) groups is 1. The number of carbonyl (C=O) groups excluding carboxylic acids is 1. The smallest absolute Gasteiger partial charge is 0.339 e. The Morgan fingerprint density at radius 1 is 1.13 bits per heavy atom. The third-order valence-electron chi connectivity index (χ3n) is 5.29. The second kappa shape index (κ2) is 9.48. The van der Waals surface area contributed by atoms with Gasteiger partial charge in [-0.25, -0.2) is 4.79 Å². The number of ether oxygens (including phenoxy) is 2. The maximum absolute atomic E-state index is 12.5. The summed E-state index contributed by atoms with van der Waals surface area (Å²) in [4.78, 5) is 26.6. The fraction of sp³-hybridized carbons (Fsp3) is 0.333. The molecule has 0 bridgehead atoms. The number of rotatable bonds is 8. The van der Waals surface area contributed by atoms with Crippen LogP contribution in [0, 0.1) is 13.8 Å². The monoisotopic (exact) mass is 409 g/mol. The first-order chi connectivity index (χ1) is 14.4. The van der Waals surface area contributed by atoms with Gasteiger partial charge in [-0.15, -0.1) is 0 Å². The number of methoxy groups -OCH3 is 1. The summed E-state index contributed by atoms with van der Waals surface area (Å²) in [5, 5.41) is 0.845. The van der Waals surface area contributed by atoms with Gasteiger partial charge in [-0.05, 0) is 49.6 Å². The van der Waals surface area contributed by atoms with E-state index in [1.807, 2.05) is 50.2 Å². The van der Waals surface area contributed by atoms with Crippen molar-refractivity contribution in [2.75, 3.05) is 27.3 Å². The van der Waals surface area contributed by atoms with Crippen LogP contribution in [0.4, 0.5) is 0 Å². The summed E-state index contributed by atoms with van der Waals surface area (Å²) >= 11 is 0. The van der Waals surface area contributed by atoms with Gasteiger partial charge in [0.05, 0.1) is 13.7 Å². The number of amides is 1. The van der Waals surface area contributed by atoms with Gasteiger partial charge >= 0.3 is 5.63 Å². The first-order valence-electron chi connectivity index (χ1n) is 9.93. The third kappa shape index (κ3) is 4.82. The fourth-order valence-electron chi connectivity index (χ4n) is 3.35. The van der Waals surface area contributed by atoms with E-state index in [1.165, 1.54) is 0 Å². The van der Waals surface area contributed by atoms with Gasteiger partial charge in [0.15, 0.2) is 0 Å². The molecule has 0 saturated heterocycles. The van der Waals surface area contributed by atoms with Crippen LogP contribution in [0.1, 0.15) is 23.1 Å². The highest BCUT2D eigenvalue weighted by Gasteiger charge is 2.15. The van der Waals surface area contributed by atoms with E-state index >= 15 is 0 Å². The maximum Gasteiger partial charge on any atom is 0.339 e. The molecule has 0 aliphatic rings. The van der Waals surface area contributed by atoms with Gasteiger partial charge in [-0.1, -0.05) is 18.2 Å². The molecule has 6 nitrogen and oxygen atoms in total. The minimum absolute atomic E-state index is 0.0444. The van der Waals surface area contributed by atoms with E-state index in [-0.39, 0.29) is 12.3 Å².